The molecule has 0 fully saturated rings. The maximum atomic E-state index is 11.4. The monoisotopic (exact) mass is 270 g/mol. The zero-order chi connectivity index (χ0) is 13.9. The molecule has 0 radical (unpaired) electrons. The Morgan fingerprint density at radius 1 is 1.39 bits per heavy atom. The first-order chi connectivity index (χ1) is 8.27. The fourth-order valence-electron chi connectivity index (χ4n) is 1.93. The lowest BCUT2D eigenvalue weighted by molar-refractivity contribution is 0.601. The van der Waals surface area contributed by atoms with Crippen LogP contribution in [0, 0.1) is 0 Å². The van der Waals surface area contributed by atoms with Gasteiger partial charge in [0, 0.05) is 19.3 Å². The van der Waals surface area contributed by atoms with Crippen molar-refractivity contribution < 1.29 is 8.42 Å². The van der Waals surface area contributed by atoms with E-state index < -0.39 is 9.84 Å². The molecule has 0 spiro atoms. The average Bonchev–Trinajstić information content (AvgIpc) is 2.27. The highest BCUT2D eigenvalue weighted by molar-refractivity contribution is 7.90. The fourth-order valence-corrected chi connectivity index (χ4v) is 2.59. The van der Waals surface area contributed by atoms with E-state index in [1.807, 2.05) is 7.05 Å². The maximum absolute atomic E-state index is 11.4. The quantitative estimate of drug-likeness (QED) is 0.834. The minimum atomic E-state index is -3.20. The second kappa shape index (κ2) is 5.61. The van der Waals surface area contributed by atoms with Crippen molar-refractivity contribution in [3.05, 3.63) is 18.2 Å². The molecule has 0 aromatic heterocycles. The van der Waals surface area contributed by atoms with Crippen LogP contribution >= 0.6 is 0 Å². The van der Waals surface area contributed by atoms with E-state index in [1.165, 1.54) is 12.3 Å². The van der Waals surface area contributed by atoms with E-state index in [2.05, 4.69) is 18.7 Å². The van der Waals surface area contributed by atoms with Gasteiger partial charge in [0.15, 0.2) is 9.84 Å². The van der Waals surface area contributed by atoms with Crippen molar-refractivity contribution in [3.8, 4) is 0 Å². The zero-order valence-electron chi connectivity index (χ0n) is 11.5. The van der Waals surface area contributed by atoms with E-state index >= 15 is 0 Å². The van der Waals surface area contributed by atoms with Gasteiger partial charge in [-0.2, -0.15) is 0 Å². The summed E-state index contributed by atoms with van der Waals surface area (Å²) in [7, 11) is -1.22. The predicted octanol–water partition coefficient (Wildman–Crippen LogP) is 2.30. The molecule has 1 aromatic carbocycles. The number of anilines is 2. The van der Waals surface area contributed by atoms with Crippen LogP contribution in [-0.2, 0) is 9.84 Å². The van der Waals surface area contributed by atoms with Gasteiger partial charge in [0.1, 0.15) is 0 Å². The third-order valence-electron chi connectivity index (χ3n) is 3.17. The third kappa shape index (κ3) is 3.38. The van der Waals surface area contributed by atoms with E-state index in [0.29, 0.717) is 11.7 Å². The molecule has 2 N–H and O–H groups in total. The summed E-state index contributed by atoms with van der Waals surface area (Å²) in [5.74, 6) is 0. The first kappa shape index (κ1) is 14.8. The minimum Gasteiger partial charge on any atom is -0.397 e. The van der Waals surface area contributed by atoms with Gasteiger partial charge in [0.25, 0.3) is 0 Å². The van der Waals surface area contributed by atoms with E-state index in [9.17, 15) is 8.42 Å². The van der Waals surface area contributed by atoms with Gasteiger partial charge < -0.3 is 10.6 Å². The Labute approximate surface area is 110 Å². The average molecular weight is 270 g/mol. The fraction of sp³-hybridized carbons (Fsp3) is 0.538. The Bertz CT molecular complexity index is 512. The van der Waals surface area contributed by atoms with Crippen molar-refractivity contribution in [2.45, 2.75) is 37.6 Å². The molecule has 102 valence electrons. The lowest BCUT2D eigenvalue weighted by Crippen LogP contribution is -2.29. The lowest BCUT2D eigenvalue weighted by Gasteiger charge is -2.28. The number of benzene rings is 1. The molecule has 0 saturated carbocycles. The van der Waals surface area contributed by atoms with Crippen molar-refractivity contribution in [3.63, 3.8) is 0 Å². The summed E-state index contributed by atoms with van der Waals surface area (Å²) >= 11 is 0. The maximum Gasteiger partial charge on any atom is 0.175 e. The summed E-state index contributed by atoms with van der Waals surface area (Å²) in [5.41, 5.74) is 7.33. The molecule has 18 heavy (non-hydrogen) atoms. The number of hydrogen-bond donors (Lipinski definition) is 1. The van der Waals surface area contributed by atoms with Crippen LogP contribution in [0.2, 0.25) is 0 Å². The van der Waals surface area contributed by atoms with Crippen LogP contribution in [0.1, 0.15) is 26.7 Å². The van der Waals surface area contributed by atoms with Gasteiger partial charge in [-0.1, -0.05) is 13.3 Å². The number of hydrogen-bond acceptors (Lipinski definition) is 4. The highest BCUT2D eigenvalue weighted by atomic mass is 32.2. The van der Waals surface area contributed by atoms with Crippen LogP contribution in [0.25, 0.3) is 0 Å². The second-order valence-electron chi connectivity index (χ2n) is 4.74. The summed E-state index contributed by atoms with van der Waals surface area (Å²) in [5, 5.41) is 0. The van der Waals surface area contributed by atoms with Crippen molar-refractivity contribution in [1.82, 2.24) is 0 Å². The van der Waals surface area contributed by atoms with Crippen molar-refractivity contribution >= 4 is 21.2 Å². The zero-order valence-corrected chi connectivity index (χ0v) is 12.3. The largest absolute Gasteiger partial charge is 0.397 e. The van der Waals surface area contributed by atoms with E-state index in [0.717, 1.165) is 18.5 Å². The van der Waals surface area contributed by atoms with E-state index in [4.69, 9.17) is 5.73 Å². The smallest absolute Gasteiger partial charge is 0.175 e. The van der Waals surface area contributed by atoms with Crippen LogP contribution in [0.15, 0.2) is 23.1 Å². The standard InChI is InChI=1S/C13H22N2O2S/c1-5-6-10(2)15(3)13-8-7-11(9-12(13)14)18(4,16)17/h7-10H,5-6,14H2,1-4H3. The summed E-state index contributed by atoms with van der Waals surface area (Å²) < 4.78 is 22.9. The molecule has 1 rings (SSSR count). The van der Waals surface area contributed by atoms with Gasteiger partial charge in [-0.15, -0.1) is 0 Å². The van der Waals surface area contributed by atoms with Gasteiger partial charge in [-0.05, 0) is 31.5 Å². The molecule has 0 saturated heterocycles. The van der Waals surface area contributed by atoms with Gasteiger partial charge in [-0.25, -0.2) is 8.42 Å². The van der Waals surface area contributed by atoms with Crippen LogP contribution in [0.3, 0.4) is 0 Å². The molecular formula is C13H22N2O2S. The lowest BCUT2D eigenvalue weighted by atomic mass is 10.1. The van der Waals surface area contributed by atoms with Crippen LogP contribution < -0.4 is 10.6 Å². The number of nitrogens with zero attached hydrogens (tertiary/aromatic N) is 1. The molecule has 4 nitrogen and oxygen atoms in total. The number of nitrogen functional groups attached to an aromatic ring is 1. The van der Waals surface area contributed by atoms with Crippen LogP contribution in [0.5, 0.6) is 0 Å². The minimum absolute atomic E-state index is 0.264. The summed E-state index contributed by atoms with van der Waals surface area (Å²) in [4.78, 5) is 2.35. The third-order valence-corrected chi connectivity index (χ3v) is 4.28. The number of rotatable bonds is 5. The first-order valence-corrected chi connectivity index (χ1v) is 7.99. The highest BCUT2D eigenvalue weighted by Crippen LogP contribution is 2.27. The molecule has 1 aromatic rings. The van der Waals surface area contributed by atoms with E-state index in [-0.39, 0.29) is 4.90 Å². The Hall–Kier alpha value is -1.23. The Kier molecular flexibility index (Phi) is 4.62. The molecule has 0 aliphatic heterocycles. The molecule has 0 heterocycles. The molecule has 0 aliphatic carbocycles. The first-order valence-electron chi connectivity index (χ1n) is 6.09. The normalized spacial score (nSPS) is 13.3. The van der Waals surface area contributed by atoms with Crippen LogP contribution in [-0.4, -0.2) is 27.8 Å². The molecule has 1 unspecified atom stereocenters. The molecular weight excluding hydrogens is 248 g/mol. The summed E-state index contributed by atoms with van der Waals surface area (Å²) in [6.07, 6.45) is 3.36. The Morgan fingerprint density at radius 3 is 2.44 bits per heavy atom. The second-order valence-corrected chi connectivity index (χ2v) is 6.76. The van der Waals surface area contributed by atoms with Gasteiger partial charge in [0.05, 0.1) is 16.3 Å². The van der Waals surface area contributed by atoms with Crippen molar-refractivity contribution in [2.75, 3.05) is 23.9 Å². The number of nitrogens with two attached hydrogens (primary N) is 1. The Balaban J connectivity index is 3.06. The topological polar surface area (TPSA) is 63.4 Å². The SMILES string of the molecule is CCCC(C)N(C)c1ccc(S(C)(=O)=O)cc1N. The predicted molar refractivity (Wildman–Crippen MR) is 76.7 cm³/mol. The van der Waals surface area contributed by atoms with Crippen LogP contribution in [0.4, 0.5) is 11.4 Å². The molecule has 0 amide bonds. The Morgan fingerprint density at radius 2 is 2.00 bits per heavy atom. The van der Waals surface area contributed by atoms with Gasteiger partial charge in [-0.3, -0.25) is 0 Å². The van der Waals surface area contributed by atoms with Crippen molar-refractivity contribution in [2.24, 2.45) is 0 Å². The highest BCUT2D eigenvalue weighted by Gasteiger charge is 2.14. The number of sulfone groups is 1. The molecule has 1 atom stereocenters. The van der Waals surface area contributed by atoms with E-state index in [1.54, 1.807) is 12.1 Å². The molecule has 5 heteroatoms. The van der Waals surface area contributed by atoms with Gasteiger partial charge >= 0.3 is 0 Å². The summed E-state index contributed by atoms with van der Waals surface area (Å²) in [6, 6.07) is 5.29. The van der Waals surface area contributed by atoms with Crippen molar-refractivity contribution in [1.29, 1.82) is 0 Å². The summed E-state index contributed by atoms with van der Waals surface area (Å²) in [6.45, 7) is 4.27. The molecule has 0 aliphatic rings. The molecule has 0 bridgehead atoms. The van der Waals surface area contributed by atoms with Gasteiger partial charge in [0.2, 0.25) is 0 Å².